The molecule has 0 aromatic rings. The quantitative estimate of drug-likeness (QED) is 0.484. The summed E-state index contributed by atoms with van der Waals surface area (Å²) < 4.78 is 11.2. The molecule has 1 N–H and O–H groups in total. The van der Waals surface area contributed by atoms with Gasteiger partial charge in [0.15, 0.2) is 0 Å². The van der Waals surface area contributed by atoms with Crippen LogP contribution in [0.4, 0.5) is 9.11 Å². The van der Waals surface area contributed by atoms with E-state index in [4.69, 9.17) is 5.11 Å². The van der Waals surface area contributed by atoms with Gasteiger partial charge in [-0.1, -0.05) is 0 Å². The predicted octanol–water partition coefficient (Wildman–Crippen LogP) is 0.837. The third kappa shape index (κ3) is 1.75. The molecule has 0 bridgehead atoms. The molecule has 0 radical (unpaired) electrons. The standard InChI is InChI=1S/C2H4BFO2/c1-3(4)2(5)6/h1H3,(H,5,6). The monoisotopic (exact) mass is 90.0 g/mol. The first-order chi connectivity index (χ1) is 2.64. The molecule has 0 fully saturated rings. The fourth-order valence-corrected chi connectivity index (χ4v) is 0. The van der Waals surface area contributed by atoms with Crippen molar-refractivity contribution in [2.75, 3.05) is 0 Å². The molecule has 0 amide bonds. The van der Waals surface area contributed by atoms with E-state index in [0.29, 0.717) is 0 Å². The summed E-state index contributed by atoms with van der Waals surface area (Å²) in [5.41, 5.74) is 0. The van der Waals surface area contributed by atoms with Gasteiger partial charge in [0, 0.05) is 0 Å². The van der Waals surface area contributed by atoms with Gasteiger partial charge in [-0.25, -0.2) is 0 Å². The molecule has 0 aromatic heterocycles. The lowest BCUT2D eigenvalue weighted by Gasteiger charge is -1.79. The van der Waals surface area contributed by atoms with Gasteiger partial charge in [0.05, 0.1) is 0 Å². The highest BCUT2D eigenvalue weighted by molar-refractivity contribution is 6.81. The zero-order valence-corrected chi connectivity index (χ0v) is 3.31. The highest BCUT2D eigenvalue weighted by atomic mass is 19.1. The Hall–Kier alpha value is -0.535. The lowest BCUT2D eigenvalue weighted by Crippen LogP contribution is -2.11. The molecule has 0 rings (SSSR count). The smallest absolute Gasteiger partial charge is 0.469 e. The van der Waals surface area contributed by atoms with E-state index in [2.05, 4.69) is 0 Å². The summed E-state index contributed by atoms with van der Waals surface area (Å²) in [6, 6.07) is 0. The van der Waals surface area contributed by atoms with Gasteiger partial charge >= 0.3 is 6.99 Å². The third-order valence-electron chi connectivity index (χ3n) is 0.340. The third-order valence-corrected chi connectivity index (χ3v) is 0.340. The zero-order chi connectivity index (χ0) is 5.15. The molecule has 0 saturated heterocycles. The molecule has 34 valence electrons. The highest BCUT2D eigenvalue weighted by Crippen LogP contribution is 1.80. The van der Waals surface area contributed by atoms with E-state index >= 15 is 0 Å². The Bertz CT molecular complexity index is 62.6. The summed E-state index contributed by atoms with van der Waals surface area (Å²) in [4.78, 5) is 9.32. The van der Waals surface area contributed by atoms with E-state index in [0.717, 1.165) is 6.82 Å². The molecular weight excluding hydrogens is 85.8 g/mol. The van der Waals surface area contributed by atoms with Crippen molar-refractivity contribution in [1.82, 2.24) is 0 Å². The summed E-state index contributed by atoms with van der Waals surface area (Å²) >= 11 is 0. The van der Waals surface area contributed by atoms with Crippen molar-refractivity contribution in [2.45, 2.75) is 6.82 Å². The lowest BCUT2D eigenvalue weighted by atomic mass is 9.76. The molecule has 0 heterocycles. The lowest BCUT2D eigenvalue weighted by molar-refractivity contribution is 0.217. The van der Waals surface area contributed by atoms with E-state index in [-0.39, 0.29) is 0 Å². The predicted molar refractivity (Wildman–Crippen MR) is 20.8 cm³/mol. The van der Waals surface area contributed by atoms with Gasteiger partial charge in [0.1, 0.15) is 0 Å². The fraction of sp³-hybridized carbons (Fsp3) is 0.500. The summed E-state index contributed by atoms with van der Waals surface area (Å²) in [5, 5.41) is 7.62. The van der Waals surface area contributed by atoms with Crippen LogP contribution in [0.2, 0.25) is 6.82 Å². The SMILES string of the molecule is CB(F)C(=O)O. The number of carboxylic acid groups (broad SMARTS) is 1. The summed E-state index contributed by atoms with van der Waals surface area (Å²) in [6.07, 6.45) is 0. The second-order valence-electron chi connectivity index (χ2n) is 0.954. The molecule has 0 atom stereocenters. The van der Waals surface area contributed by atoms with Gasteiger partial charge in [0.25, 0.3) is 5.87 Å². The van der Waals surface area contributed by atoms with Crippen LogP contribution in [-0.2, 0) is 0 Å². The van der Waals surface area contributed by atoms with Crippen molar-refractivity contribution in [2.24, 2.45) is 0 Å². The van der Waals surface area contributed by atoms with E-state index in [1.54, 1.807) is 0 Å². The molecular formula is C2H4BFO2. The first-order valence-electron chi connectivity index (χ1n) is 1.51. The molecule has 0 unspecified atom stereocenters. The van der Waals surface area contributed by atoms with Crippen LogP contribution >= 0.6 is 0 Å². The largest absolute Gasteiger partial charge is 0.487 e. The Labute approximate surface area is 35.1 Å². The minimum atomic E-state index is -1.73. The second kappa shape index (κ2) is 1.79. The Morgan fingerprint density at radius 1 is 2.00 bits per heavy atom. The fourth-order valence-electron chi connectivity index (χ4n) is 0. The first kappa shape index (κ1) is 5.46. The van der Waals surface area contributed by atoms with Crippen LogP contribution in [0.1, 0.15) is 0 Å². The van der Waals surface area contributed by atoms with Crippen LogP contribution in [0.3, 0.4) is 0 Å². The molecule has 0 aliphatic carbocycles. The summed E-state index contributed by atoms with van der Waals surface area (Å²) in [5.74, 6) is -1.41. The zero-order valence-electron chi connectivity index (χ0n) is 3.31. The normalized spacial score (nSPS) is 7.67. The maximum Gasteiger partial charge on any atom is 0.469 e. The average Bonchev–Trinajstić information content (AvgIpc) is 1.36. The van der Waals surface area contributed by atoms with Crippen LogP contribution in [0.15, 0.2) is 0 Å². The van der Waals surface area contributed by atoms with E-state index in [1.807, 2.05) is 0 Å². The summed E-state index contributed by atoms with van der Waals surface area (Å²) in [7, 11) is 0. The van der Waals surface area contributed by atoms with Crippen molar-refractivity contribution in [3.05, 3.63) is 0 Å². The van der Waals surface area contributed by atoms with E-state index in [9.17, 15) is 9.11 Å². The van der Waals surface area contributed by atoms with Crippen LogP contribution in [0.25, 0.3) is 0 Å². The molecule has 4 heteroatoms. The Balaban J connectivity index is 3.26. The molecule has 2 nitrogen and oxygen atoms in total. The van der Waals surface area contributed by atoms with Crippen molar-refractivity contribution >= 4 is 12.9 Å². The van der Waals surface area contributed by atoms with Gasteiger partial charge in [0.2, 0.25) is 0 Å². The number of hydrogen-bond donors (Lipinski definition) is 1. The van der Waals surface area contributed by atoms with Crippen LogP contribution in [0, 0.1) is 0 Å². The molecule has 0 aliphatic heterocycles. The summed E-state index contributed by atoms with van der Waals surface area (Å²) in [6.45, 7) is -0.757. The van der Waals surface area contributed by atoms with Crippen molar-refractivity contribution < 1.29 is 14.2 Å². The van der Waals surface area contributed by atoms with E-state index < -0.39 is 12.9 Å². The topological polar surface area (TPSA) is 37.3 Å². The number of hydrogen-bond acceptors (Lipinski definition) is 1. The van der Waals surface area contributed by atoms with Crippen molar-refractivity contribution in [3.63, 3.8) is 0 Å². The molecule has 0 spiro atoms. The molecule has 0 aromatic carbocycles. The number of carbonyl (C=O) groups is 1. The van der Waals surface area contributed by atoms with Gasteiger partial charge in [-0.3, -0.25) is 4.79 Å². The maximum atomic E-state index is 11.2. The Morgan fingerprint density at radius 3 is 2.17 bits per heavy atom. The molecule has 0 aliphatic rings. The highest BCUT2D eigenvalue weighted by Gasteiger charge is 2.14. The van der Waals surface area contributed by atoms with Crippen LogP contribution in [-0.4, -0.2) is 18.0 Å². The minimum absolute atomic E-state index is 0.975. The minimum Gasteiger partial charge on any atom is -0.487 e. The van der Waals surface area contributed by atoms with Gasteiger partial charge in [-0.05, 0) is 6.82 Å². The molecule has 0 saturated carbocycles. The number of rotatable bonds is 1. The van der Waals surface area contributed by atoms with Crippen molar-refractivity contribution in [3.8, 4) is 0 Å². The first-order valence-corrected chi connectivity index (χ1v) is 1.51. The van der Waals surface area contributed by atoms with Crippen LogP contribution < -0.4 is 0 Å². The molecule has 6 heavy (non-hydrogen) atoms. The van der Waals surface area contributed by atoms with Crippen LogP contribution in [0.5, 0.6) is 0 Å². The average molecular weight is 89.9 g/mol. The second-order valence-corrected chi connectivity index (χ2v) is 0.954. The number of halogens is 1. The van der Waals surface area contributed by atoms with E-state index in [1.165, 1.54) is 0 Å². The van der Waals surface area contributed by atoms with Gasteiger partial charge < -0.3 is 9.42 Å². The van der Waals surface area contributed by atoms with Gasteiger partial charge in [-0.15, -0.1) is 0 Å². The maximum absolute atomic E-state index is 11.2. The van der Waals surface area contributed by atoms with Gasteiger partial charge in [-0.2, -0.15) is 0 Å². The van der Waals surface area contributed by atoms with Crippen molar-refractivity contribution in [1.29, 1.82) is 0 Å². The Morgan fingerprint density at radius 2 is 2.17 bits per heavy atom. The Kier molecular flexibility index (Phi) is 1.63.